The molecule has 0 fully saturated rings. The number of amides is 2. The molecular formula is C17H16N4O4S. The Morgan fingerprint density at radius 2 is 1.88 bits per heavy atom. The number of ether oxygens (including phenoxy) is 1. The second-order valence-corrected chi connectivity index (χ2v) is 6.47. The first-order valence-electron chi connectivity index (χ1n) is 7.55. The molecule has 0 saturated carbocycles. The molecule has 3 aromatic rings. The van der Waals surface area contributed by atoms with Gasteiger partial charge >= 0.3 is 12.2 Å². The number of imidazole rings is 1. The number of hydrogen-bond acceptors (Lipinski definition) is 5. The summed E-state index contributed by atoms with van der Waals surface area (Å²) in [4.78, 5) is 32.5. The minimum Gasteiger partial charge on any atom is -0.465 e. The van der Waals surface area contributed by atoms with Crippen molar-refractivity contribution in [2.24, 2.45) is 0 Å². The van der Waals surface area contributed by atoms with Crippen molar-refractivity contribution < 1.29 is 19.4 Å². The number of carbonyl (C=O) groups excluding carboxylic acids is 1. The number of carboxylic acid groups (broad SMARTS) is 1. The van der Waals surface area contributed by atoms with E-state index in [4.69, 9.17) is 5.11 Å². The molecule has 134 valence electrons. The van der Waals surface area contributed by atoms with E-state index >= 15 is 0 Å². The summed E-state index contributed by atoms with van der Waals surface area (Å²) in [5.41, 5.74) is 2.09. The van der Waals surface area contributed by atoms with Crippen LogP contribution in [0, 0.1) is 0 Å². The number of benzene rings is 2. The zero-order chi connectivity index (χ0) is 18.7. The number of fused-ring (bicyclic) bond motifs is 1. The van der Waals surface area contributed by atoms with E-state index in [1.54, 1.807) is 12.1 Å². The largest absolute Gasteiger partial charge is 0.465 e. The molecule has 0 aliphatic heterocycles. The van der Waals surface area contributed by atoms with Gasteiger partial charge in [0, 0.05) is 22.5 Å². The summed E-state index contributed by atoms with van der Waals surface area (Å²) in [5.74, 6) is 0.271. The lowest BCUT2D eigenvalue weighted by Crippen LogP contribution is -2.24. The lowest BCUT2D eigenvalue weighted by atomic mass is 10.3. The molecule has 2 amide bonds. The van der Waals surface area contributed by atoms with E-state index in [0.717, 1.165) is 20.2 Å². The van der Waals surface area contributed by atoms with Gasteiger partial charge in [-0.2, -0.15) is 0 Å². The zero-order valence-corrected chi connectivity index (χ0v) is 14.8. The Kier molecular flexibility index (Phi) is 4.99. The number of aromatic amines is 1. The number of nitrogens with one attached hydrogen (secondary N) is 2. The van der Waals surface area contributed by atoms with Gasteiger partial charge in [0.25, 0.3) is 0 Å². The van der Waals surface area contributed by atoms with Gasteiger partial charge in [-0.25, -0.2) is 14.6 Å². The summed E-state index contributed by atoms with van der Waals surface area (Å²) < 4.78 is 4.55. The van der Waals surface area contributed by atoms with E-state index in [1.165, 1.54) is 25.9 Å². The molecule has 0 unspecified atom stereocenters. The van der Waals surface area contributed by atoms with Gasteiger partial charge < -0.3 is 14.8 Å². The smallest absolute Gasteiger partial charge is 0.413 e. The van der Waals surface area contributed by atoms with Crippen LogP contribution in [0.4, 0.5) is 21.2 Å². The van der Waals surface area contributed by atoms with Gasteiger partial charge in [0.05, 0.1) is 18.1 Å². The topological polar surface area (TPSA) is 108 Å². The molecule has 9 heteroatoms. The van der Waals surface area contributed by atoms with Crippen molar-refractivity contribution in [1.82, 2.24) is 9.97 Å². The normalized spacial score (nSPS) is 10.5. The maximum absolute atomic E-state index is 11.2. The van der Waals surface area contributed by atoms with Gasteiger partial charge in [0.2, 0.25) is 5.95 Å². The number of carbonyl (C=O) groups is 2. The highest BCUT2D eigenvalue weighted by Gasteiger charge is 2.13. The van der Waals surface area contributed by atoms with Gasteiger partial charge in [0.15, 0.2) is 0 Å². The zero-order valence-electron chi connectivity index (χ0n) is 14.0. The Labute approximate surface area is 153 Å². The Bertz CT molecular complexity index is 955. The maximum Gasteiger partial charge on any atom is 0.413 e. The lowest BCUT2D eigenvalue weighted by molar-refractivity contribution is 0.187. The number of rotatable bonds is 4. The first kappa shape index (κ1) is 17.6. The van der Waals surface area contributed by atoms with Crippen LogP contribution in [-0.4, -0.2) is 41.4 Å². The van der Waals surface area contributed by atoms with E-state index in [2.05, 4.69) is 20.0 Å². The van der Waals surface area contributed by atoms with Crippen molar-refractivity contribution in [3.8, 4) is 0 Å². The van der Waals surface area contributed by atoms with E-state index in [0.29, 0.717) is 11.2 Å². The third-order valence-electron chi connectivity index (χ3n) is 3.57. The van der Waals surface area contributed by atoms with E-state index < -0.39 is 12.2 Å². The highest BCUT2D eigenvalue weighted by Crippen LogP contribution is 2.31. The number of aromatic nitrogens is 2. The highest BCUT2D eigenvalue weighted by molar-refractivity contribution is 7.99. The number of methoxy groups -OCH3 is 1. The van der Waals surface area contributed by atoms with Crippen LogP contribution in [0.2, 0.25) is 0 Å². The van der Waals surface area contributed by atoms with Crippen molar-refractivity contribution in [1.29, 1.82) is 0 Å². The average molecular weight is 372 g/mol. The van der Waals surface area contributed by atoms with Gasteiger partial charge in [-0.15, -0.1) is 0 Å². The van der Waals surface area contributed by atoms with Crippen LogP contribution < -0.4 is 10.2 Å². The summed E-state index contributed by atoms with van der Waals surface area (Å²) in [6.45, 7) is 0. The molecule has 8 nitrogen and oxygen atoms in total. The van der Waals surface area contributed by atoms with Gasteiger partial charge in [-0.1, -0.05) is 11.8 Å². The molecule has 3 N–H and O–H groups in total. The molecule has 0 bridgehead atoms. The van der Waals surface area contributed by atoms with Crippen LogP contribution in [0.1, 0.15) is 0 Å². The summed E-state index contributed by atoms with van der Waals surface area (Å²) in [6, 6.07) is 13.0. The van der Waals surface area contributed by atoms with Crippen LogP contribution in [0.15, 0.2) is 52.3 Å². The number of hydrogen-bond donors (Lipinski definition) is 3. The molecule has 1 heterocycles. The quantitative estimate of drug-likeness (QED) is 0.639. The summed E-state index contributed by atoms with van der Waals surface area (Å²) in [7, 11) is 2.74. The molecule has 3 rings (SSSR count). The number of nitrogens with zero attached hydrogens (tertiary/aromatic N) is 2. The molecule has 0 aliphatic rings. The third-order valence-corrected chi connectivity index (χ3v) is 4.56. The predicted octanol–water partition coefficient (Wildman–Crippen LogP) is 4.01. The lowest BCUT2D eigenvalue weighted by Gasteiger charge is -2.07. The minimum absolute atomic E-state index is 0.271. The van der Waals surface area contributed by atoms with Crippen molar-refractivity contribution in [2.45, 2.75) is 9.79 Å². The molecule has 0 radical (unpaired) electrons. The van der Waals surface area contributed by atoms with E-state index in [1.807, 2.05) is 30.3 Å². The summed E-state index contributed by atoms with van der Waals surface area (Å²) in [5, 5.41) is 11.6. The molecule has 1 aromatic heterocycles. The van der Waals surface area contributed by atoms with Gasteiger partial charge in [-0.05, 0) is 42.5 Å². The second-order valence-electron chi connectivity index (χ2n) is 5.32. The first-order valence-corrected chi connectivity index (χ1v) is 8.37. The molecule has 0 spiro atoms. The van der Waals surface area contributed by atoms with Crippen LogP contribution in [-0.2, 0) is 4.74 Å². The van der Waals surface area contributed by atoms with Crippen LogP contribution in [0.5, 0.6) is 0 Å². The maximum atomic E-state index is 11.2. The van der Waals surface area contributed by atoms with Crippen molar-refractivity contribution in [2.75, 3.05) is 24.4 Å². The molecule has 2 aromatic carbocycles. The molecule has 0 aliphatic carbocycles. The molecule has 0 atom stereocenters. The van der Waals surface area contributed by atoms with Crippen molar-refractivity contribution >= 4 is 46.6 Å². The van der Waals surface area contributed by atoms with Crippen molar-refractivity contribution in [3.63, 3.8) is 0 Å². The average Bonchev–Trinajstić information content (AvgIpc) is 3.05. The monoisotopic (exact) mass is 372 g/mol. The van der Waals surface area contributed by atoms with E-state index in [9.17, 15) is 9.59 Å². The van der Waals surface area contributed by atoms with Crippen LogP contribution in [0.25, 0.3) is 11.0 Å². The van der Waals surface area contributed by atoms with Crippen LogP contribution >= 0.6 is 11.8 Å². The van der Waals surface area contributed by atoms with E-state index in [-0.39, 0.29) is 5.95 Å². The highest BCUT2D eigenvalue weighted by atomic mass is 32.2. The third kappa shape index (κ3) is 3.89. The fourth-order valence-corrected chi connectivity index (χ4v) is 3.06. The Morgan fingerprint density at radius 1 is 1.19 bits per heavy atom. The van der Waals surface area contributed by atoms with Crippen LogP contribution in [0.3, 0.4) is 0 Å². The first-order chi connectivity index (χ1) is 12.5. The summed E-state index contributed by atoms with van der Waals surface area (Å²) in [6.07, 6.45) is -1.60. The molecule has 0 saturated heterocycles. The second kappa shape index (κ2) is 7.36. The summed E-state index contributed by atoms with van der Waals surface area (Å²) >= 11 is 1.54. The minimum atomic E-state index is -1.08. The standard InChI is InChI=1S/C17H16N4O4S/c1-21(17(23)24)15-19-13-8-7-12(9-14(13)20-15)26-11-5-3-10(4-6-11)18-16(22)25-2/h3-9H,1-2H3,(H,18,22)(H,19,20)(H,23,24). The fourth-order valence-electron chi connectivity index (χ4n) is 2.20. The Balaban J connectivity index is 1.76. The van der Waals surface area contributed by atoms with Gasteiger partial charge in [0.1, 0.15) is 0 Å². The Hall–Kier alpha value is -3.20. The van der Waals surface area contributed by atoms with Crippen molar-refractivity contribution in [3.05, 3.63) is 42.5 Å². The SMILES string of the molecule is COC(=O)Nc1ccc(Sc2ccc3nc(N(C)C(=O)O)[nH]c3c2)cc1. The fraction of sp³-hybridized carbons (Fsp3) is 0.118. The molecule has 26 heavy (non-hydrogen) atoms. The number of H-pyrrole nitrogens is 1. The molecular weight excluding hydrogens is 356 g/mol. The Morgan fingerprint density at radius 3 is 2.54 bits per heavy atom. The predicted molar refractivity (Wildman–Crippen MR) is 99.1 cm³/mol. The van der Waals surface area contributed by atoms with Gasteiger partial charge in [-0.3, -0.25) is 10.2 Å². The number of anilines is 2.